The Morgan fingerprint density at radius 3 is 2.57 bits per heavy atom. The Hall–Kier alpha value is -3.27. The Kier molecular flexibility index (Phi) is 5.41. The number of amides is 1. The van der Waals surface area contributed by atoms with Crippen LogP contribution in [0.25, 0.3) is 0 Å². The molecule has 1 heterocycles. The van der Waals surface area contributed by atoms with Gasteiger partial charge in [0.2, 0.25) is 16.8 Å². The third-order valence-electron chi connectivity index (χ3n) is 3.69. The van der Waals surface area contributed by atoms with Crippen LogP contribution in [-0.2, 0) is 19.6 Å². The van der Waals surface area contributed by atoms with E-state index in [1.807, 2.05) is 0 Å². The van der Waals surface area contributed by atoms with Gasteiger partial charge in [0.05, 0.1) is 11.8 Å². The highest BCUT2D eigenvalue weighted by molar-refractivity contribution is 7.92. The summed E-state index contributed by atoms with van der Waals surface area (Å²) in [6.45, 7) is 1.55. The lowest BCUT2D eigenvalue weighted by molar-refractivity contribution is -0.123. The smallest absolute Gasteiger partial charge is 0.338 e. The summed E-state index contributed by atoms with van der Waals surface area (Å²) in [5, 5.41) is 2.63. The third kappa shape index (κ3) is 4.92. The molecule has 0 saturated carbocycles. The number of hydrogen-bond donors (Lipinski definition) is 2. The summed E-state index contributed by atoms with van der Waals surface area (Å²) < 4.78 is 40.5. The van der Waals surface area contributed by atoms with Crippen LogP contribution in [0.3, 0.4) is 0 Å². The summed E-state index contributed by atoms with van der Waals surface area (Å²) in [5.74, 6) is -0.194. The van der Waals surface area contributed by atoms with Crippen molar-refractivity contribution in [1.29, 1.82) is 0 Å². The van der Waals surface area contributed by atoms with E-state index in [0.29, 0.717) is 17.2 Å². The largest absolute Gasteiger partial charge is 0.454 e. The Bertz CT molecular complexity index is 1020. The van der Waals surface area contributed by atoms with Crippen LogP contribution in [0.4, 0.5) is 11.4 Å². The van der Waals surface area contributed by atoms with Crippen molar-refractivity contribution in [3.8, 4) is 11.5 Å². The summed E-state index contributed by atoms with van der Waals surface area (Å²) in [7, 11) is -3.48. The van der Waals surface area contributed by atoms with Crippen molar-refractivity contribution in [3.63, 3.8) is 0 Å². The predicted octanol–water partition coefficient (Wildman–Crippen LogP) is 1.97. The van der Waals surface area contributed by atoms with E-state index in [1.54, 1.807) is 18.2 Å². The lowest BCUT2D eigenvalue weighted by atomic mass is 10.2. The van der Waals surface area contributed by atoms with E-state index in [9.17, 15) is 18.0 Å². The zero-order valence-corrected chi connectivity index (χ0v) is 15.9. The van der Waals surface area contributed by atoms with Gasteiger partial charge in [-0.1, -0.05) is 6.07 Å². The molecule has 0 fully saturated rings. The first-order valence-corrected chi connectivity index (χ1v) is 10.1. The van der Waals surface area contributed by atoms with E-state index >= 15 is 0 Å². The molecule has 2 N–H and O–H groups in total. The van der Waals surface area contributed by atoms with Crippen LogP contribution in [-0.4, -0.2) is 39.4 Å². The summed E-state index contributed by atoms with van der Waals surface area (Å²) in [6.07, 6.45) is -0.0787. The minimum Gasteiger partial charge on any atom is -0.454 e. The second-order valence-electron chi connectivity index (χ2n) is 6.06. The average Bonchev–Trinajstić information content (AvgIpc) is 3.08. The van der Waals surface area contributed by atoms with E-state index in [0.717, 1.165) is 6.26 Å². The highest BCUT2D eigenvalue weighted by atomic mass is 32.2. The van der Waals surface area contributed by atoms with Gasteiger partial charge in [-0.3, -0.25) is 9.52 Å². The van der Waals surface area contributed by atoms with Gasteiger partial charge in [-0.15, -0.1) is 0 Å². The Morgan fingerprint density at radius 1 is 1.07 bits per heavy atom. The number of fused-ring (bicyclic) bond motifs is 1. The second kappa shape index (κ2) is 7.77. The third-order valence-corrected chi connectivity index (χ3v) is 4.30. The van der Waals surface area contributed by atoms with Crippen molar-refractivity contribution in [2.75, 3.05) is 23.1 Å². The first kappa shape index (κ1) is 19.5. The van der Waals surface area contributed by atoms with Gasteiger partial charge in [0.25, 0.3) is 5.91 Å². The molecule has 3 rings (SSSR count). The van der Waals surface area contributed by atoms with Crippen LogP contribution in [0.5, 0.6) is 11.5 Å². The minimum absolute atomic E-state index is 0.108. The average molecular weight is 406 g/mol. The normalized spacial score (nSPS) is 13.5. The lowest BCUT2D eigenvalue weighted by Crippen LogP contribution is -2.30. The number of sulfonamides is 1. The molecular weight excluding hydrogens is 388 g/mol. The minimum atomic E-state index is -3.48. The van der Waals surface area contributed by atoms with Gasteiger partial charge in [-0.05, 0) is 37.3 Å². The monoisotopic (exact) mass is 406 g/mol. The van der Waals surface area contributed by atoms with Crippen LogP contribution in [0.2, 0.25) is 0 Å². The molecule has 2 aromatic rings. The molecule has 0 saturated heterocycles. The fourth-order valence-electron chi connectivity index (χ4n) is 2.42. The number of rotatable bonds is 6. The quantitative estimate of drug-likeness (QED) is 0.704. The van der Waals surface area contributed by atoms with Crippen molar-refractivity contribution >= 4 is 33.3 Å². The number of carbonyl (C=O) groups is 2. The van der Waals surface area contributed by atoms with Gasteiger partial charge in [-0.2, -0.15) is 0 Å². The van der Waals surface area contributed by atoms with E-state index in [-0.39, 0.29) is 18.0 Å². The van der Waals surface area contributed by atoms with Crippen LogP contribution < -0.4 is 19.5 Å². The Balaban J connectivity index is 1.62. The zero-order valence-electron chi connectivity index (χ0n) is 15.1. The number of esters is 1. The van der Waals surface area contributed by atoms with Gasteiger partial charge in [0.15, 0.2) is 17.6 Å². The second-order valence-corrected chi connectivity index (χ2v) is 7.81. The highest BCUT2D eigenvalue weighted by Crippen LogP contribution is 2.34. The molecule has 0 radical (unpaired) electrons. The van der Waals surface area contributed by atoms with Gasteiger partial charge >= 0.3 is 5.97 Å². The maximum absolute atomic E-state index is 12.3. The number of carbonyl (C=O) groups excluding carboxylic acids is 2. The number of nitrogens with one attached hydrogen (secondary N) is 2. The highest BCUT2D eigenvalue weighted by Gasteiger charge is 2.21. The number of ether oxygens (including phenoxy) is 3. The number of benzene rings is 2. The molecule has 9 nitrogen and oxygen atoms in total. The van der Waals surface area contributed by atoms with Gasteiger partial charge in [0, 0.05) is 17.4 Å². The molecule has 0 aliphatic carbocycles. The lowest BCUT2D eigenvalue weighted by Gasteiger charge is -2.14. The topological polar surface area (TPSA) is 120 Å². The van der Waals surface area contributed by atoms with Crippen LogP contribution in [0.15, 0.2) is 42.5 Å². The summed E-state index contributed by atoms with van der Waals surface area (Å²) in [4.78, 5) is 24.5. The summed E-state index contributed by atoms with van der Waals surface area (Å²) in [6, 6.07) is 10.7. The Morgan fingerprint density at radius 2 is 1.82 bits per heavy atom. The first-order valence-electron chi connectivity index (χ1n) is 8.20. The zero-order chi connectivity index (χ0) is 20.3. The van der Waals surface area contributed by atoms with Crippen molar-refractivity contribution in [1.82, 2.24) is 0 Å². The van der Waals surface area contributed by atoms with Crippen molar-refractivity contribution in [2.24, 2.45) is 0 Å². The maximum atomic E-state index is 12.3. The van der Waals surface area contributed by atoms with Crippen molar-refractivity contribution < 1.29 is 32.2 Å². The van der Waals surface area contributed by atoms with E-state index in [4.69, 9.17) is 14.2 Å². The van der Waals surface area contributed by atoms with Crippen LogP contribution in [0, 0.1) is 0 Å². The fraction of sp³-hybridized carbons (Fsp3) is 0.222. The van der Waals surface area contributed by atoms with E-state index in [1.165, 1.54) is 31.2 Å². The Labute approximate surface area is 161 Å². The SMILES string of the molecule is C[C@@H](OC(=O)c1cccc(NS(C)(=O)=O)c1)C(=O)Nc1ccc2c(c1)OCO2. The standard InChI is InChI=1S/C18H18N2O7S/c1-11(17(21)19-13-6-7-15-16(9-13)26-10-25-15)27-18(22)12-4-3-5-14(8-12)20-28(2,23)24/h3-9,11,20H,10H2,1-2H3,(H,19,21)/t11-/m1/s1. The number of anilines is 2. The molecule has 2 aromatic carbocycles. The molecule has 0 aromatic heterocycles. The molecular formula is C18H18N2O7S. The molecule has 0 spiro atoms. The molecule has 1 aliphatic rings. The van der Waals surface area contributed by atoms with Gasteiger partial charge < -0.3 is 19.5 Å². The predicted molar refractivity (Wildman–Crippen MR) is 101 cm³/mol. The fourth-order valence-corrected chi connectivity index (χ4v) is 2.98. The molecule has 1 aliphatic heterocycles. The molecule has 148 valence electrons. The summed E-state index contributed by atoms with van der Waals surface area (Å²) >= 11 is 0. The molecule has 10 heteroatoms. The molecule has 0 bridgehead atoms. The molecule has 28 heavy (non-hydrogen) atoms. The van der Waals surface area contributed by atoms with Crippen LogP contribution in [0.1, 0.15) is 17.3 Å². The van der Waals surface area contributed by atoms with E-state index < -0.39 is 28.0 Å². The number of hydrogen-bond acceptors (Lipinski definition) is 7. The molecule has 0 unspecified atom stereocenters. The van der Waals surface area contributed by atoms with Crippen molar-refractivity contribution in [2.45, 2.75) is 13.0 Å². The van der Waals surface area contributed by atoms with Gasteiger partial charge in [-0.25, -0.2) is 13.2 Å². The summed E-state index contributed by atoms with van der Waals surface area (Å²) in [5.41, 5.74) is 0.794. The van der Waals surface area contributed by atoms with Gasteiger partial charge in [0.1, 0.15) is 0 Å². The molecule has 1 atom stereocenters. The van der Waals surface area contributed by atoms with Crippen LogP contribution >= 0.6 is 0 Å². The van der Waals surface area contributed by atoms with Crippen molar-refractivity contribution in [3.05, 3.63) is 48.0 Å². The first-order chi connectivity index (χ1) is 13.2. The molecule has 1 amide bonds. The maximum Gasteiger partial charge on any atom is 0.338 e. The van der Waals surface area contributed by atoms with E-state index in [2.05, 4.69) is 10.0 Å².